The van der Waals surface area contributed by atoms with Gasteiger partial charge in [-0.05, 0) is 21.0 Å². The van der Waals surface area contributed by atoms with Gasteiger partial charge in [0.1, 0.15) is 0 Å². The molecule has 2 heteroatoms. The molecule has 0 saturated heterocycles. The molecule has 0 rings (SSSR count). The molecule has 0 aliphatic carbocycles. The quantitative estimate of drug-likeness (QED) is 0.606. The second-order valence-corrected chi connectivity index (χ2v) is 4.25. The number of rotatable bonds is 2. The summed E-state index contributed by atoms with van der Waals surface area (Å²) in [6, 6.07) is 0.0231. The summed E-state index contributed by atoms with van der Waals surface area (Å²) in [7, 11) is 3.85. The van der Waals surface area contributed by atoms with Gasteiger partial charge in [0.25, 0.3) is 0 Å². The van der Waals surface area contributed by atoms with Gasteiger partial charge in [-0.3, -0.25) is 9.69 Å². The molecule has 0 heterocycles. The fraction of sp³-hybridized carbons (Fsp3) is 0.889. The minimum Gasteiger partial charge on any atom is -0.300 e. The molecule has 11 heavy (non-hydrogen) atoms. The molecule has 2 nitrogen and oxygen atoms in total. The number of hydrogen-bond acceptors (Lipinski definition) is 2. The SMILES string of the molecule is C[C@@H](C(=O)C(C)(C)C)N(C)C. The molecule has 66 valence electrons. The third kappa shape index (κ3) is 3.02. The highest BCUT2D eigenvalue weighted by Crippen LogP contribution is 2.18. The molecule has 0 unspecified atom stereocenters. The molecular weight excluding hydrogens is 138 g/mol. The smallest absolute Gasteiger partial charge is 0.154 e. The van der Waals surface area contributed by atoms with Crippen molar-refractivity contribution in [3.63, 3.8) is 0 Å². The van der Waals surface area contributed by atoms with Crippen LogP contribution >= 0.6 is 0 Å². The number of carbonyl (C=O) groups excluding carboxylic acids is 1. The lowest BCUT2D eigenvalue weighted by molar-refractivity contribution is -0.130. The van der Waals surface area contributed by atoms with Gasteiger partial charge in [0, 0.05) is 5.41 Å². The van der Waals surface area contributed by atoms with Crippen molar-refractivity contribution in [3.05, 3.63) is 0 Å². The Labute approximate surface area is 69.6 Å². The fourth-order valence-electron chi connectivity index (χ4n) is 0.861. The maximum Gasteiger partial charge on any atom is 0.154 e. The van der Waals surface area contributed by atoms with Crippen LogP contribution in [-0.2, 0) is 4.79 Å². The van der Waals surface area contributed by atoms with E-state index in [2.05, 4.69) is 0 Å². The molecule has 0 amide bonds. The highest BCUT2D eigenvalue weighted by atomic mass is 16.1. The lowest BCUT2D eigenvalue weighted by Crippen LogP contribution is -2.39. The maximum absolute atomic E-state index is 11.6. The minimum atomic E-state index is -0.219. The van der Waals surface area contributed by atoms with Gasteiger partial charge in [-0.25, -0.2) is 0 Å². The third-order valence-electron chi connectivity index (χ3n) is 1.89. The van der Waals surface area contributed by atoms with Gasteiger partial charge >= 0.3 is 0 Å². The van der Waals surface area contributed by atoms with Gasteiger partial charge in [0.05, 0.1) is 6.04 Å². The number of ketones is 1. The van der Waals surface area contributed by atoms with Gasteiger partial charge in [-0.15, -0.1) is 0 Å². The van der Waals surface area contributed by atoms with Crippen LogP contribution < -0.4 is 0 Å². The fourth-order valence-corrected chi connectivity index (χ4v) is 0.861. The van der Waals surface area contributed by atoms with Crippen molar-refractivity contribution in [2.24, 2.45) is 5.41 Å². The number of hydrogen-bond donors (Lipinski definition) is 0. The Balaban J connectivity index is 4.26. The van der Waals surface area contributed by atoms with Crippen molar-refractivity contribution in [2.75, 3.05) is 14.1 Å². The van der Waals surface area contributed by atoms with Crippen molar-refractivity contribution < 1.29 is 4.79 Å². The average Bonchev–Trinajstić information content (AvgIpc) is 1.82. The Kier molecular flexibility index (Phi) is 3.24. The summed E-state index contributed by atoms with van der Waals surface area (Å²) < 4.78 is 0. The molecule has 0 aromatic rings. The predicted octanol–water partition coefficient (Wildman–Crippen LogP) is 1.55. The normalized spacial score (nSPS) is 15.2. The average molecular weight is 157 g/mol. The predicted molar refractivity (Wildman–Crippen MR) is 47.6 cm³/mol. The summed E-state index contributed by atoms with van der Waals surface area (Å²) in [4.78, 5) is 13.5. The van der Waals surface area contributed by atoms with E-state index in [1.807, 2.05) is 46.7 Å². The molecule has 0 aromatic heterocycles. The second-order valence-electron chi connectivity index (χ2n) is 4.25. The topological polar surface area (TPSA) is 20.3 Å². The van der Waals surface area contributed by atoms with E-state index >= 15 is 0 Å². The highest BCUT2D eigenvalue weighted by molar-refractivity contribution is 5.88. The Hall–Kier alpha value is -0.370. The molecule has 0 saturated carbocycles. The molecular formula is C9H19NO. The number of nitrogens with zero attached hydrogens (tertiary/aromatic N) is 1. The van der Waals surface area contributed by atoms with Gasteiger partial charge in [-0.2, -0.15) is 0 Å². The van der Waals surface area contributed by atoms with Crippen LogP contribution in [0, 0.1) is 5.41 Å². The van der Waals surface area contributed by atoms with Crippen LogP contribution in [0.1, 0.15) is 27.7 Å². The van der Waals surface area contributed by atoms with E-state index in [-0.39, 0.29) is 11.5 Å². The number of carbonyl (C=O) groups is 1. The zero-order chi connectivity index (χ0) is 9.23. The standard InChI is InChI=1S/C9H19NO/c1-7(10(5)6)8(11)9(2,3)4/h7H,1-6H3/t7-/m0/s1. The van der Waals surface area contributed by atoms with Crippen LogP contribution in [0.3, 0.4) is 0 Å². The van der Waals surface area contributed by atoms with Gasteiger partial charge < -0.3 is 0 Å². The van der Waals surface area contributed by atoms with E-state index in [0.29, 0.717) is 5.78 Å². The van der Waals surface area contributed by atoms with Crippen LogP contribution in [0.15, 0.2) is 0 Å². The minimum absolute atomic E-state index is 0.0231. The van der Waals surface area contributed by atoms with Crippen molar-refractivity contribution in [2.45, 2.75) is 33.7 Å². The number of likely N-dealkylation sites (N-methyl/N-ethyl adjacent to an activating group) is 1. The van der Waals surface area contributed by atoms with Crippen molar-refractivity contribution in [1.82, 2.24) is 4.90 Å². The molecule has 0 bridgehead atoms. The van der Waals surface area contributed by atoms with Crippen LogP contribution in [0.4, 0.5) is 0 Å². The molecule has 0 N–H and O–H groups in total. The van der Waals surface area contributed by atoms with Crippen LogP contribution in [-0.4, -0.2) is 30.8 Å². The summed E-state index contributed by atoms with van der Waals surface area (Å²) in [6.07, 6.45) is 0. The van der Waals surface area contributed by atoms with Gasteiger partial charge in [0.2, 0.25) is 0 Å². The Bertz CT molecular complexity index is 144. The van der Waals surface area contributed by atoms with Crippen LogP contribution in [0.5, 0.6) is 0 Å². The summed E-state index contributed by atoms with van der Waals surface area (Å²) in [6.45, 7) is 7.80. The van der Waals surface area contributed by atoms with Crippen LogP contribution in [0.25, 0.3) is 0 Å². The van der Waals surface area contributed by atoms with E-state index in [4.69, 9.17) is 0 Å². The largest absolute Gasteiger partial charge is 0.300 e. The molecule has 0 aliphatic rings. The highest BCUT2D eigenvalue weighted by Gasteiger charge is 2.27. The van der Waals surface area contributed by atoms with Crippen molar-refractivity contribution >= 4 is 5.78 Å². The summed E-state index contributed by atoms with van der Waals surface area (Å²) in [5, 5.41) is 0. The third-order valence-corrected chi connectivity index (χ3v) is 1.89. The van der Waals surface area contributed by atoms with Crippen molar-refractivity contribution in [1.29, 1.82) is 0 Å². The number of Topliss-reactive ketones (excluding diaryl/α,β-unsaturated/α-hetero) is 1. The van der Waals surface area contributed by atoms with E-state index < -0.39 is 0 Å². The molecule has 0 radical (unpaired) electrons. The molecule has 1 atom stereocenters. The molecule has 0 fully saturated rings. The lowest BCUT2D eigenvalue weighted by Gasteiger charge is -2.26. The molecule has 0 spiro atoms. The Morgan fingerprint density at radius 1 is 1.27 bits per heavy atom. The van der Waals surface area contributed by atoms with E-state index in [0.717, 1.165) is 0 Å². The summed E-state index contributed by atoms with van der Waals surface area (Å²) in [5.74, 6) is 0.294. The van der Waals surface area contributed by atoms with E-state index in [1.54, 1.807) is 0 Å². The summed E-state index contributed by atoms with van der Waals surface area (Å²) in [5.41, 5.74) is -0.219. The van der Waals surface area contributed by atoms with Gasteiger partial charge in [-0.1, -0.05) is 20.8 Å². The van der Waals surface area contributed by atoms with Gasteiger partial charge in [0.15, 0.2) is 5.78 Å². The summed E-state index contributed by atoms with van der Waals surface area (Å²) >= 11 is 0. The molecule has 0 aromatic carbocycles. The maximum atomic E-state index is 11.6. The first kappa shape index (κ1) is 10.6. The zero-order valence-electron chi connectivity index (χ0n) is 8.43. The Morgan fingerprint density at radius 3 is 1.73 bits per heavy atom. The van der Waals surface area contributed by atoms with E-state index in [9.17, 15) is 4.79 Å². The molecule has 0 aliphatic heterocycles. The van der Waals surface area contributed by atoms with Crippen LogP contribution in [0.2, 0.25) is 0 Å². The first-order chi connectivity index (χ1) is 4.76. The lowest BCUT2D eigenvalue weighted by atomic mass is 9.87. The Morgan fingerprint density at radius 2 is 1.64 bits per heavy atom. The first-order valence-electron chi connectivity index (χ1n) is 3.97. The second kappa shape index (κ2) is 3.35. The monoisotopic (exact) mass is 157 g/mol. The van der Waals surface area contributed by atoms with Crippen molar-refractivity contribution in [3.8, 4) is 0 Å². The van der Waals surface area contributed by atoms with E-state index in [1.165, 1.54) is 0 Å². The first-order valence-corrected chi connectivity index (χ1v) is 3.97. The zero-order valence-corrected chi connectivity index (χ0v) is 8.43.